The minimum atomic E-state index is -2.26. The van der Waals surface area contributed by atoms with Gasteiger partial charge in [-0.1, -0.05) is 97.3 Å². The van der Waals surface area contributed by atoms with Crippen molar-refractivity contribution in [3.8, 4) is 0 Å². The average Bonchev–Trinajstić information content (AvgIpc) is 2.85. The Bertz CT molecular complexity index is 510. The van der Waals surface area contributed by atoms with Crippen molar-refractivity contribution in [3.63, 3.8) is 0 Å². The first-order valence-electron chi connectivity index (χ1n) is 14.1. The lowest BCUT2D eigenvalue weighted by atomic mass is 10.1. The zero-order valence-corrected chi connectivity index (χ0v) is 24.8. The first-order chi connectivity index (χ1) is 16.9. The highest BCUT2D eigenvalue weighted by Crippen LogP contribution is 2.25. The number of thioether (sulfide) groups is 1. The van der Waals surface area contributed by atoms with E-state index in [-0.39, 0.29) is 12.7 Å². The van der Waals surface area contributed by atoms with E-state index in [0.717, 1.165) is 0 Å². The second kappa shape index (κ2) is 24.3. The smallest absolute Gasteiger partial charge is 0.345 e. The molecule has 0 aromatic rings. The summed E-state index contributed by atoms with van der Waals surface area (Å²) >= 11 is 2.06. The van der Waals surface area contributed by atoms with Gasteiger partial charge in [0.2, 0.25) is 5.34 Å². The average molecular weight is 539 g/mol. The van der Waals surface area contributed by atoms with Crippen LogP contribution in [0.1, 0.15) is 124 Å². The van der Waals surface area contributed by atoms with Gasteiger partial charge in [-0.15, -0.1) is 0 Å². The summed E-state index contributed by atoms with van der Waals surface area (Å²) in [4.78, 5) is 11.0. The van der Waals surface area contributed by atoms with Crippen LogP contribution < -0.4 is 0 Å². The Hall–Kier alpha value is -0.0700. The molecule has 0 aromatic heterocycles. The van der Waals surface area contributed by atoms with Crippen LogP contribution in [0.5, 0.6) is 0 Å². The summed E-state index contributed by atoms with van der Waals surface area (Å²) in [7, 11) is -1.87. The fraction of sp³-hybridized carbons (Fsp3) is 0.963. The molecular weight excluding hydrogens is 483 g/mol. The Kier molecular flexibility index (Phi) is 24.2. The molecule has 0 radical (unpaired) electrons. The molecule has 0 aromatic carbocycles. The Labute approximate surface area is 220 Å². The minimum absolute atomic E-state index is 0.159. The highest BCUT2D eigenvalue weighted by molar-refractivity contribution is 7.99. The fourth-order valence-corrected chi connectivity index (χ4v) is 5.60. The number of hydrogen-bond donors (Lipinski definition) is 2. The molecule has 0 fully saturated rings. The Morgan fingerprint density at radius 3 is 1.94 bits per heavy atom. The zero-order chi connectivity index (χ0) is 26.2. The van der Waals surface area contributed by atoms with Gasteiger partial charge in [0.25, 0.3) is 0 Å². The zero-order valence-electron chi connectivity index (χ0n) is 22.8. The molecule has 0 saturated heterocycles. The standard InChI is InChI=1S/C27H55O6PS/c1-4-6-8-10-11-12-13-15-17-22-35-25(19-16-14-9-7-5-2)24(3)33-21-18-20-32-23-27(30,34-31)26(28)29/h24-25,30H,4-23,34H2,1-3H3,(H,28,29). The third-order valence-corrected chi connectivity index (χ3v) is 8.77. The first-order valence-corrected chi connectivity index (χ1v) is 16.2. The van der Waals surface area contributed by atoms with Gasteiger partial charge in [-0.3, -0.25) is 0 Å². The summed E-state index contributed by atoms with van der Waals surface area (Å²) in [6.45, 7) is 7.01. The van der Waals surface area contributed by atoms with Crippen LogP contribution in [0.3, 0.4) is 0 Å². The Morgan fingerprint density at radius 2 is 1.40 bits per heavy atom. The number of unbranched alkanes of at least 4 members (excludes halogenated alkanes) is 12. The number of rotatable bonds is 27. The van der Waals surface area contributed by atoms with Crippen molar-refractivity contribution in [1.29, 1.82) is 0 Å². The van der Waals surface area contributed by atoms with Crippen molar-refractivity contribution in [3.05, 3.63) is 0 Å². The van der Waals surface area contributed by atoms with Gasteiger partial charge in [0.05, 0.1) is 12.7 Å². The molecule has 0 amide bonds. The van der Waals surface area contributed by atoms with Crippen molar-refractivity contribution in [1.82, 2.24) is 0 Å². The number of carboxylic acids is 1. The lowest BCUT2D eigenvalue weighted by molar-refractivity contribution is -0.154. The molecular formula is C27H55O6PS. The molecule has 0 aliphatic heterocycles. The largest absolute Gasteiger partial charge is 0.479 e. The molecule has 35 heavy (non-hydrogen) atoms. The molecule has 0 spiro atoms. The maximum Gasteiger partial charge on any atom is 0.345 e. The lowest BCUT2D eigenvalue weighted by Crippen LogP contribution is -2.37. The van der Waals surface area contributed by atoms with Crippen LogP contribution in [0.15, 0.2) is 0 Å². The summed E-state index contributed by atoms with van der Waals surface area (Å²) in [6.07, 6.45) is 20.6. The summed E-state index contributed by atoms with van der Waals surface area (Å²) < 4.78 is 22.3. The van der Waals surface area contributed by atoms with Crippen molar-refractivity contribution in [2.75, 3.05) is 25.6 Å². The number of carbonyl (C=O) groups is 1. The van der Waals surface area contributed by atoms with Crippen molar-refractivity contribution in [2.45, 2.75) is 140 Å². The monoisotopic (exact) mass is 538 g/mol. The van der Waals surface area contributed by atoms with Crippen LogP contribution in [0.4, 0.5) is 0 Å². The van der Waals surface area contributed by atoms with Crippen molar-refractivity contribution < 1.29 is 29.0 Å². The third kappa shape index (κ3) is 19.7. The third-order valence-electron chi connectivity index (χ3n) is 6.40. The summed E-state index contributed by atoms with van der Waals surface area (Å²) in [5, 5.41) is 16.9. The molecule has 210 valence electrons. The van der Waals surface area contributed by atoms with Crippen LogP contribution in [-0.4, -0.2) is 58.5 Å². The number of aliphatic hydroxyl groups is 1. The highest BCUT2D eigenvalue weighted by Gasteiger charge is 2.35. The van der Waals surface area contributed by atoms with E-state index in [1.54, 1.807) is 0 Å². The Balaban J connectivity index is 4.17. The molecule has 0 rings (SSSR count). The van der Waals surface area contributed by atoms with E-state index in [2.05, 4.69) is 32.5 Å². The molecule has 0 aliphatic rings. The molecule has 0 aliphatic carbocycles. The first kappa shape index (κ1) is 34.9. The van der Waals surface area contributed by atoms with E-state index < -0.39 is 26.4 Å². The topological polar surface area (TPSA) is 93.1 Å². The minimum Gasteiger partial charge on any atom is -0.479 e. The maximum absolute atomic E-state index is 11.0. The predicted octanol–water partition coefficient (Wildman–Crippen LogP) is 7.32. The van der Waals surface area contributed by atoms with E-state index in [1.807, 2.05) is 0 Å². The van der Waals surface area contributed by atoms with Gasteiger partial charge in [-0.05, 0) is 31.9 Å². The van der Waals surface area contributed by atoms with Crippen LogP contribution in [-0.2, 0) is 18.8 Å². The van der Waals surface area contributed by atoms with Gasteiger partial charge in [0, 0.05) is 18.5 Å². The molecule has 8 heteroatoms. The van der Waals surface area contributed by atoms with Gasteiger partial charge in [-0.2, -0.15) is 11.8 Å². The normalized spacial score (nSPS) is 15.4. The van der Waals surface area contributed by atoms with E-state index in [1.165, 1.54) is 102 Å². The van der Waals surface area contributed by atoms with E-state index >= 15 is 0 Å². The SMILES string of the molecule is CCCCCCCCCCCSC(CCCCCCC)C(C)OCCCOCC(O)([PH2]=O)C(=O)O. The van der Waals surface area contributed by atoms with Crippen LogP contribution in [0.25, 0.3) is 0 Å². The van der Waals surface area contributed by atoms with Gasteiger partial charge in [0.15, 0.2) is 0 Å². The molecule has 0 saturated carbocycles. The van der Waals surface area contributed by atoms with Crippen LogP contribution >= 0.6 is 20.2 Å². The molecule has 4 atom stereocenters. The lowest BCUT2D eigenvalue weighted by Gasteiger charge is -2.24. The molecule has 0 heterocycles. The van der Waals surface area contributed by atoms with Gasteiger partial charge in [-0.25, -0.2) is 4.79 Å². The predicted molar refractivity (Wildman–Crippen MR) is 151 cm³/mol. The summed E-state index contributed by atoms with van der Waals surface area (Å²) in [5.74, 6) is -0.310. The van der Waals surface area contributed by atoms with Gasteiger partial charge >= 0.3 is 5.97 Å². The molecule has 6 nitrogen and oxygen atoms in total. The van der Waals surface area contributed by atoms with Crippen LogP contribution in [0.2, 0.25) is 0 Å². The van der Waals surface area contributed by atoms with Crippen LogP contribution in [0, 0.1) is 0 Å². The number of hydrogen-bond acceptors (Lipinski definition) is 6. The fourth-order valence-electron chi connectivity index (χ4n) is 3.96. The quantitative estimate of drug-likeness (QED) is 0.0836. The van der Waals surface area contributed by atoms with E-state index in [9.17, 15) is 14.5 Å². The molecule has 0 bridgehead atoms. The summed E-state index contributed by atoms with van der Waals surface area (Å²) in [6, 6.07) is 0. The molecule has 4 unspecified atom stereocenters. The van der Waals surface area contributed by atoms with E-state index in [4.69, 9.17) is 14.6 Å². The number of aliphatic carboxylic acids is 1. The highest BCUT2D eigenvalue weighted by atomic mass is 32.2. The maximum atomic E-state index is 11.0. The van der Waals surface area contributed by atoms with Gasteiger partial charge in [0.1, 0.15) is 8.46 Å². The second-order valence-corrected chi connectivity index (χ2v) is 12.3. The van der Waals surface area contributed by atoms with Crippen molar-refractivity contribution >= 4 is 26.2 Å². The molecule has 2 N–H and O–H groups in total. The summed E-state index contributed by atoms with van der Waals surface area (Å²) in [5.41, 5.74) is 0. The number of ether oxygens (including phenoxy) is 2. The van der Waals surface area contributed by atoms with Crippen molar-refractivity contribution in [2.24, 2.45) is 0 Å². The van der Waals surface area contributed by atoms with E-state index in [0.29, 0.717) is 18.3 Å². The Morgan fingerprint density at radius 1 is 0.857 bits per heavy atom. The number of carboxylic acid groups (broad SMARTS) is 1. The second-order valence-electron chi connectivity index (χ2n) is 9.77. The van der Waals surface area contributed by atoms with Gasteiger partial charge < -0.3 is 24.3 Å².